The van der Waals surface area contributed by atoms with Crippen LogP contribution in [0.1, 0.15) is 24.0 Å². The Hall–Kier alpha value is -1.96. The van der Waals surface area contributed by atoms with Crippen molar-refractivity contribution in [1.29, 1.82) is 0 Å². The number of halogens is 1. The fourth-order valence-electron chi connectivity index (χ4n) is 2.55. The van der Waals surface area contributed by atoms with Crippen LogP contribution < -0.4 is 20.5 Å². The monoisotopic (exact) mass is 469 g/mol. The first-order valence-electron chi connectivity index (χ1n) is 8.43. The fraction of sp³-hybridized carbons (Fsp3) is 0.350. The van der Waals surface area contributed by atoms with Crippen LogP contribution in [-0.2, 0) is 6.42 Å². The number of hydrogen-bond donors (Lipinski definition) is 2. The molecule has 0 spiro atoms. The molecule has 1 unspecified atom stereocenters. The molecule has 0 fully saturated rings. The van der Waals surface area contributed by atoms with Gasteiger partial charge < -0.3 is 20.5 Å². The molecule has 142 valence electrons. The van der Waals surface area contributed by atoms with Crippen LogP contribution in [-0.4, -0.2) is 33.3 Å². The molecule has 3 N–H and O–H groups in total. The van der Waals surface area contributed by atoms with Crippen molar-refractivity contribution >= 4 is 29.9 Å². The summed E-state index contributed by atoms with van der Waals surface area (Å²) < 4.78 is 10.6. The Labute approximate surface area is 173 Å². The minimum absolute atomic E-state index is 0. The zero-order valence-corrected chi connectivity index (χ0v) is 17.9. The Bertz CT molecular complexity index is 693. The standard InChI is InChI=1S/C20H27N3O2.HI/c1-15(17-7-5-4-6-8-17)14-23-20(21)22-12-11-16-9-10-18(24-2)19(13-16)25-3;/h4-10,13,15H,11-12,14H2,1-3H3,(H3,21,22,23);1H. The van der Waals surface area contributed by atoms with Crippen molar-refractivity contribution in [3.63, 3.8) is 0 Å². The molecule has 0 bridgehead atoms. The number of benzene rings is 2. The van der Waals surface area contributed by atoms with Crippen molar-refractivity contribution in [2.75, 3.05) is 27.3 Å². The van der Waals surface area contributed by atoms with Crippen LogP contribution in [0.15, 0.2) is 53.5 Å². The average molecular weight is 469 g/mol. The number of rotatable bonds is 8. The number of ether oxygens (including phenoxy) is 2. The summed E-state index contributed by atoms with van der Waals surface area (Å²) >= 11 is 0. The molecule has 0 aromatic heterocycles. The lowest BCUT2D eigenvalue weighted by Gasteiger charge is -2.11. The minimum atomic E-state index is 0. The first-order chi connectivity index (χ1) is 12.1. The number of guanidine groups is 1. The highest BCUT2D eigenvalue weighted by Gasteiger charge is 2.05. The highest BCUT2D eigenvalue weighted by molar-refractivity contribution is 14.0. The summed E-state index contributed by atoms with van der Waals surface area (Å²) in [6.07, 6.45) is 0.824. The summed E-state index contributed by atoms with van der Waals surface area (Å²) in [6.45, 7) is 3.53. The van der Waals surface area contributed by atoms with Crippen LogP contribution in [0, 0.1) is 0 Å². The smallest absolute Gasteiger partial charge is 0.188 e. The lowest BCUT2D eigenvalue weighted by atomic mass is 10.0. The number of hydrogen-bond acceptors (Lipinski definition) is 3. The summed E-state index contributed by atoms with van der Waals surface area (Å²) in [5.41, 5.74) is 8.38. The second-order valence-corrected chi connectivity index (χ2v) is 5.90. The molecule has 0 saturated carbocycles. The van der Waals surface area contributed by atoms with Crippen LogP contribution in [0.2, 0.25) is 0 Å². The highest BCUT2D eigenvalue weighted by atomic mass is 127. The molecule has 6 heteroatoms. The highest BCUT2D eigenvalue weighted by Crippen LogP contribution is 2.27. The van der Waals surface area contributed by atoms with Crippen LogP contribution in [0.25, 0.3) is 0 Å². The van der Waals surface area contributed by atoms with Gasteiger partial charge in [0.05, 0.1) is 14.2 Å². The molecule has 0 aliphatic heterocycles. The Morgan fingerprint density at radius 1 is 1.08 bits per heavy atom. The van der Waals surface area contributed by atoms with Gasteiger partial charge in [0.2, 0.25) is 0 Å². The Balaban J connectivity index is 0.00000338. The zero-order chi connectivity index (χ0) is 18.1. The van der Waals surface area contributed by atoms with Crippen LogP contribution in [0.3, 0.4) is 0 Å². The molecule has 1 atom stereocenters. The molecule has 0 radical (unpaired) electrons. The van der Waals surface area contributed by atoms with Gasteiger partial charge in [-0.2, -0.15) is 0 Å². The Kier molecular flexibility index (Phi) is 9.87. The normalized spacial score (nSPS) is 12.0. The molecule has 26 heavy (non-hydrogen) atoms. The van der Waals surface area contributed by atoms with Gasteiger partial charge in [0.25, 0.3) is 0 Å². The van der Waals surface area contributed by atoms with E-state index < -0.39 is 0 Å². The van der Waals surface area contributed by atoms with Gasteiger partial charge in [-0.15, -0.1) is 24.0 Å². The maximum Gasteiger partial charge on any atom is 0.188 e. The van der Waals surface area contributed by atoms with E-state index in [2.05, 4.69) is 29.4 Å². The predicted molar refractivity (Wildman–Crippen MR) is 118 cm³/mol. The predicted octanol–water partition coefficient (Wildman–Crippen LogP) is 3.57. The zero-order valence-electron chi connectivity index (χ0n) is 15.6. The second-order valence-electron chi connectivity index (χ2n) is 5.90. The SMILES string of the molecule is COc1ccc(CCNC(N)=NCC(C)c2ccccc2)cc1OC.I. The van der Waals surface area contributed by atoms with E-state index in [9.17, 15) is 0 Å². The first kappa shape index (κ1) is 22.1. The maximum atomic E-state index is 5.96. The molecule has 0 saturated heterocycles. The van der Waals surface area contributed by atoms with E-state index in [0.717, 1.165) is 23.5 Å². The van der Waals surface area contributed by atoms with Gasteiger partial charge in [-0.05, 0) is 29.7 Å². The largest absolute Gasteiger partial charge is 0.493 e. The molecule has 2 aromatic rings. The summed E-state index contributed by atoms with van der Waals surface area (Å²) in [7, 11) is 3.27. The van der Waals surface area contributed by atoms with E-state index in [1.54, 1.807) is 14.2 Å². The lowest BCUT2D eigenvalue weighted by Crippen LogP contribution is -2.33. The molecule has 0 heterocycles. The van der Waals surface area contributed by atoms with E-state index in [1.165, 1.54) is 5.56 Å². The van der Waals surface area contributed by atoms with Crippen LogP contribution in [0.4, 0.5) is 0 Å². The maximum absolute atomic E-state index is 5.96. The summed E-state index contributed by atoms with van der Waals surface area (Å²) in [5.74, 6) is 2.28. The molecule has 0 aliphatic rings. The van der Waals surface area contributed by atoms with Crippen LogP contribution >= 0.6 is 24.0 Å². The van der Waals surface area contributed by atoms with Crippen molar-refractivity contribution in [3.8, 4) is 11.5 Å². The van der Waals surface area contributed by atoms with Gasteiger partial charge in [-0.1, -0.05) is 43.3 Å². The minimum Gasteiger partial charge on any atom is -0.493 e. The topological polar surface area (TPSA) is 68.9 Å². The van der Waals surface area contributed by atoms with Crippen molar-refractivity contribution in [2.45, 2.75) is 19.3 Å². The average Bonchev–Trinajstić information content (AvgIpc) is 2.66. The molecule has 2 aromatic carbocycles. The number of nitrogens with zero attached hydrogens (tertiary/aromatic N) is 1. The van der Waals surface area contributed by atoms with E-state index in [1.807, 2.05) is 36.4 Å². The van der Waals surface area contributed by atoms with Gasteiger partial charge in [0.1, 0.15) is 0 Å². The van der Waals surface area contributed by atoms with Crippen molar-refractivity contribution < 1.29 is 9.47 Å². The number of methoxy groups -OCH3 is 2. The summed E-state index contributed by atoms with van der Waals surface area (Å²) in [4.78, 5) is 4.43. The second kappa shape index (κ2) is 11.6. The third-order valence-corrected chi connectivity index (χ3v) is 4.07. The van der Waals surface area contributed by atoms with E-state index in [0.29, 0.717) is 25.0 Å². The lowest BCUT2D eigenvalue weighted by molar-refractivity contribution is 0.354. The van der Waals surface area contributed by atoms with Crippen molar-refractivity contribution in [1.82, 2.24) is 5.32 Å². The quantitative estimate of drug-likeness (QED) is 0.353. The third kappa shape index (κ3) is 6.74. The molecule has 0 aliphatic carbocycles. The Morgan fingerprint density at radius 3 is 2.42 bits per heavy atom. The first-order valence-corrected chi connectivity index (χ1v) is 8.43. The molecule has 0 amide bonds. The summed E-state index contributed by atoms with van der Waals surface area (Å²) in [6, 6.07) is 16.2. The number of nitrogens with one attached hydrogen (secondary N) is 1. The van der Waals surface area contributed by atoms with Gasteiger partial charge in [0, 0.05) is 19.0 Å². The molecule has 2 rings (SSSR count). The third-order valence-electron chi connectivity index (χ3n) is 4.07. The van der Waals surface area contributed by atoms with Crippen molar-refractivity contribution in [2.24, 2.45) is 10.7 Å². The fourth-order valence-corrected chi connectivity index (χ4v) is 2.55. The van der Waals surface area contributed by atoms with Gasteiger partial charge in [-0.3, -0.25) is 4.99 Å². The van der Waals surface area contributed by atoms with E-state index in [-0.39, 0.29) is 24.0 Å². The van der Waals surface area contributed by atoms with Gasteiger partial charge in [0.15, 0.2) is 17.5 Å². The Morgan fingerprint density at radius 2 is 1.77 bits per heavy atom. The van der Waals surface area contributed by atoms with Gasteiger partial charge in [-0.25, -0.2) is 0 Å². The number of nitrogens with two attached hydrogens (primary N) is 1. The summed E-state index contributed by atoms with van der Waals surface area (Å²) in [5, 5.41) is 3.16. The molecule has 5 nitrogen and oxygen atoms in total. The van der Waals surface area contributed by atoms with E-state index in [4.69, 9.17) is 15.2 Å². The molecular formula is C20H28IN3O2. The van der Waals surface area contributed by atoms with Crippen molar-refractivity contribution in [3.05, 3.63) is 59.7 Å². The van der Waals surface area contributed by atoms with E-state index >= 15 is 0 Å². The number of aliphatic imine (C=N–C) groups is 1. The van der Waals surface area contributed by atoms with Gasteiger partial charge >= 0.3 is 0 Å². The molecular weight excluding hydrogens is 441 g/mol. The van der Waals surface area contributed by atoms with Crippen LogP contribution in [0.5, 0.6) is 11.5 Å².